The predicted octanol–water partition coefficient (Wildman–Crippen LogP) is 1.97. The van der Waals surface area contributed by atoms with Crippen LogP contribution in [0.15, 0.2) is 18.2 Å². The molecule has 4 rings (SSSR count). The Kier molecular flexibility index (Phi) is 4.89. The lowest BCUT2D eigenvalue weighted by Gasteiger charge is -2.32. The molecule has 0 saturated carbocycles. The SMILES string of the molecule is C[C@@H]1[C@@H]([Si](C)(C)O)[C@H](CCO)O[C@@]12C(=O)N(C)c1ccc(N3CCCC3=O)cc12. The number of benzene rings is 1. The first-order chi connectivity index (χ1) is 13.6. The molecule has 3 heterocycles. The molecular formula is C21H30N2O5Si. The fourth-order valence-electron chi connectivity index (χ4n) is 5.66. The summed E-state index contributed by atoms with van der Waals surface area (Å²) >= 11 is 0. The van der Waals surface area contributed by atoms with Crippen LogP contribution in [0.4, 0.5) is 11.4 Å². The molecule has 29 heavy (non-hydrogen) atoms. The molecule has 2 amide bonds. The van der Waals surface area contributed by atoms with Crippen LogP contribution in [0.5, 0.6) is 0 Å². The van der Waals surface area contributed by atoms with Crippen LogP contribution in [0.25, 0.3) is 0 Å². The average Bonchev–Trinajstić information content (AvgIpc) is 3.26. The van der Waals surface area contributed by atoms with E-state index in [0.29, 0.717) is 19.4 Å². The number of fused-ring (bicyclic) bond motifs is 2. The second kappa shape index (κ2) is 6.90. The highest BCUT2D eigenvalue weighted by Crippen LogP contribution is 2.59. The van der Waals surface area contributed by atoms with Crippen molar-refractivity contribution in [2.45, 2.75) is 56.5 Å². The van der Waals surface area contributed by atoms with Crippen LogP contribution in [-0.2, 0) is 19.9 Å². The molecule has 0 unspecified atom stereocenters. The maximum atomic E-state index is 13.5. The Morgan fingerprint density at radius 1 is 1.31 bits per heavy atom. The predicted molar refractivity (Wildman–Crippen MR) is 112 cm³/mol. The topological polar surface area (TPSA) is 90.3 Å². The summed E-state index contributed by atoms with van der Waals surface area (Å²) in [7, 11) is -0.937. The van der Waals surface area contributed by atoms with Gasteiger partial charge < -0.3 is 24.4 Å². The number of likely N-dealkylation sites (N-methyl/N-ethyl adjacent to an activating group) is 1. The fraction of sp³-hybridized carbons (Fsp3) is 0.619. The zero-order valence-corrected chi connectivity index (χ0v) is 18.5. The van der Waals surface area contributed by atoms with Gasteiger partial charge in [0.25, 0.3) is 5.91 Å². The minimum absolute atomic E-state index is 0.0619. The number of ether oxygens (including phenoxy) is 1. The standard InChI is InChI=1S/C21H30N2O5Si/c1-13-19(29(3,4)27)17(9-11-24)28-21(13)15-12-14(23-10-5-6-18(23)25)7-8-16(15)22(2)20(21)26/h7-8,12-13,17,19,24,27H,5-6,9-11H2,1-4H3/t13-,17+,19-,21+/m1/s1. The Hall–Kier alpha value is -1.74. The maximum absolute atomic E-state index is 13.5. The van der Waals surface area contributed by atoms with Crippen molar-refractivity contribution in [1.29, 1.82) is 0 Å². The first-order valence-electron chi connectivity index (χ1n) is 10.4. The van der Waals surface area contributed by atoms with Gasteiger partial charge in [0.15, 0.2) is 13.9 Å². The molecule has 2 N–H and O–H groups in total. The van der Waals surface area contributed by atoms with Crippen molar-refractivity contribution in [1.82, 2.24) is 0 Å². The normalized spacial score (nSPS) is 32.0. The minimum Gasteiger partial charge on any atom is -0.432 e. The van der Waals surface area contributed by atoms with E-state index in [9.17, 15) is 19.5 Å². The molecule has 0 aliphatic carbocycles. The number of aliphatic hydroxyl groups excluding tert-OH is 1. The van der Waals surface area contributed by atoms with E-state index in [-0.39, 0.29) is 36.0 Å². The molecule has 8 heteroatoms. The van der Waals surface area contributed by atoms with Gasteiger partial charge in [-0.05, 0) is 44.1 Å². The zero-order valence-electron chi connectivity index (χ0n) is 17.5. The van der Waals surface area contributed by atoms with Gasteiger partial charge in [0.1, 0.15) is 0 Å². The molecule has 1 aromatic rings. The van der Waals surface area contributed by atoms with Gasteiger partial charge >= 0.3 is 0 Å². The van der Waals surface area contributed by atoms with E-state index in [1.54, 1.807) is 16.8 Å². The Bertz CT molecular complexity index is 854. The quantitative estimate of drug-likeness (QED) is 0.730. The number of hydrogen-bond acceptors (Lipinski definition) is 5. The van der Waals surface area contributed by atoms with Crippen LogP contribution in [0, 0.1) is 5.92 Å². The van der Waals surface area contributed by atoms with Crippen molar-refractivity contribution in [3.8, 4) is 0 Å². The van der Waals surface area contributed by atoms with E-state index in [1.807, 2.05) is 38.2 Å². The van der Waals surface area contributed by atoms with E-state index in [1.165, 1.54) is 0 Å². The Labute approximate surface area is 172 Å². The van der Waals surface area contributed by atoms with Crippen molar-refractivity contribution in [2.75, 3.05) is 30.0 Å². The number of amides is 2. The largest absolute Gasteiger partial charge is 0.432 e. The van der Waals surface area contributed by atoms with Gasteiger partial charge in [-0.15, -0.1) is 0 Å². The molecule has 0 radical (unpaired) electrons. The Balaban J connectivity index is 1.84. The molecule has 7 nitrogen and oxygen atoms in total. The van der Waals surface area contributed by atoms with Gasteiger partial charge in [0.2, 0.25) is 5.91 Å². The fourth-order valence-corrected chi connectivity index (χ4v) is 8.26. The molecule has 0 bridgehead atoms. The molecule has 1 spiro atoms. The summed E-state index contributed by atoms with van der Waals surface area (Å²) in [5.41, 5.74) is 0.944. The van der Waals surface area contributed by atoms with Gasteiger partial charge in [0, 0.05) is 49.3 Å². The highest BCUT2D eigenvalue weighted by Gasteiger charge is 2.65. The van der Waals surface area contributed by atoms with Crippen LogP contribution in [0.2, 0.25) is 18.6 Å². The van der Waals surface area contributed by atoms with Crippen LogP contribution >= 0.6 is 0 Å². The van der Waals surface area contributed by atoms with Crippen LogP contribution in [-0.4, -0.2) is 56.3 Å². The summed E-state index contributed by atoms with van der Waals surface area (Å²) in [5.74, 6) is -0.294. The van der Waals surface area contributed by atoms with E-state index < -0.39 is 13.9 Å². The number of carbonyl (C=O) groups is 2. The first kappa shape index (κ1) is 20.5. The lowest BCUT2D eigenvalue weighted by molar-refractivity contribution is -0.146. The van der Waals surface area contributed by atoms with Crippen LogP contribution in [0.1, 0.15) is 31.7 Å². The van der Waals surface area contributed by atoms with Crippen molar-refractivity contribution in [2.24, 2.45) is 5.92 Å². The molecule has 4 atom stereocenters. The smallest absolute Gasteiger partial charge is 0.264 e. The second-order valence-corrected chi connectivity index (χ2v) is 13.1. The molecule has 3 aliphatic heterocycles. The summed E-state index contributed by atoms with van der Waals surface area (Å²) in [6.07, 6.45) is 1.36. The third-order valence-electron chi connectivity index (χ3n) is 6.90. The molecule has 0 aromatic heterocycles. The second-order valence-electron chi connectivity index (χ2n) is 9.09. The monoisotopic (exact) mass is 418 g/mol. The highest BCUT2D eigenvalue weighted by molar-refractivity contribution is 6.71. The van der Waals surface area contributed by atoms with Crippen molar-refractivity contribution in [3.63, 3.8) is 0 Å². The van der Waals surface area contributed by atoms with Gasteiger partial charge in [-0.1, -0.05) is 6.92 Å². The van der Waals surface area contributed by atoms with Crippen molar-refractivity contribution in [3.05, 3.63) is 23.8 Å². The molecule has 2 saturated heterocycles. The first-order valence-corrected chi connectivity index (χ1v) is 13.4. The van der Waals surface area contributed by atoms with E-state index >= 15 is 0 Å². The third kappa shape index (κ3) is 2.88. The summed E-state index contributed by atoms with van der Waals surface area (Å²) in [6.45, 7) is 6.32. The minimum atomic E-state index is -2.68. The highest BCUT2D eigenvalue weighted by atomic mass is 28.4. The molecular weight excluding hydrogens is 388 g/mol. The summed E-state index contributed by atoms with van der Waals surface area (Å²) in [4.78, 5) is 40.1. The lowest BCUT2D eigenvalue weighted by Crippen LogP contribution is -2.45. The molecule has 158 valence electrons. The van der Waals surface area contributed by atoms with Gasteiger partial charge in [-0.2, -0.15) is 0 Å². The number of anilines is 2. The number of rotatable bonds is 4. The molecule has 1 aromatic carbocycles. The third-order valence-corrected chi connectivity index (χ3v) is 9.40. The van der Waals surface area contributed by atoms with Crippen molar-refractivity contribution >= 4 is 31.5 Å². The Morgan fingerprint density at radius 3 is 2.62 bits per heavy atom. The zero-order chi connectivity index (χ0) is 21.1. The van der Waals surface area contributed by atoms with Gasteiger partial charge in [-0.25, -0.2) is 0 Å². The summed E-state index contributed by atoms with van der Waals surface area (Å²) in [5, 5.41) is 9.57. The maximum Gasteiger partial charge on any atom is 0.264 e. The van der Waals surface area contributed by atoms with Gasteiger partial charge in [-0.3, -0.25) is 9.59 Å². The Morgan fingerprint density at radius 2 is 2.03 bits per heavy atom. The number of nitrogens with zero attached hydrogens (tertiary/aromatic N) is 2. The van der Waals surface area contributed by atoms with E-state index in [0.717, 1.165) is 23.4 Å². The van der Waals surface area contributed by atoms with Crippen molar-refractivity contribution < 1.29 is 24.2 Å². The van der Waals surface area contributed by atoms with Crippen LogP contribution in [0.3, 0.4) is 0 Å². The number of carbonyl (C=O) groups excluding carboxylic acids is 2. The number of hydrogen-bond donors (Lipinski definition) is 2. The number of aliphatic hydroxyl groups is 1. The molecule has 3 aliphatic rings. The summed E-state index contributed by atoms with van der Waals surface area (Å²) < 4.78 is 6.48. The lowest BCUT2D eigenvalue weighted by atomic mass is 9.82. The average molecular weight is 419 g/mol. The van der Waals surface area contributed by atoms with Crippen LogP contribution < -0.4 is 9.80 Å². The van der Waals surface area contributed by atoms with Gasteiger partial charge in [0.05, 0.1) is 11.8 Å². The van der Waals surface area contributed by atoms with E-state index in [4.69, 9.17) is 4.74 Å². The van der Waals surface area contributed by atoms with E-state index in [2.05, 4.69) is 0 Å². The molecule has 2 fully saturated rings. The summed E-state index contributed by atoms with van der Waals surface area (Å²) in [6, 6.07) is 5.69.